The maximum absolute atomic E-state index is 11.9. The summed E-state index contributed by atoms with van der Waals surface area (Å²) in [5.74, 6) is 0. The van der Waals surface area contributed by atoms with Gasteiger partial charge in [0.15, 0.2) is 0 Å². The molecule has 19 heavy (non-hydrogen) atoms. The normalized spacial score (nSPS) is 20.8. The minimum atomic E-state index is -0.415. The van der Waals surface area contributed by atoms with Crippen molar-refractivity contribution in [2.24, 2.45) is 0 Å². The summed E-state index contributed by atoms with van der Waals surface area (Å²) >= 11 is 0. The van der Waals surface area contributed by atoms with Crippen LogP contribution in [-0.2, 0) is 15.9 Å². The van der Waals surface area contributed by atoms with Crippen LogP contribution in [0.4, 0.5) is 0 Å². The molecule has 0 spiro atoms. The van der Waals surface area contributed by atoms with Crippen LogP contribution in [0.3, 0.4) is 0 Å². The average molecular weight is 263 g/mol. The highest BCUT2D eigenvalue weighted by Crippen LogP contribution is 2.36. The smallest absolute Gasteiger partial charge is 0.399 e. The number of pyridine rings is 1. The van der Waals surface area contributed by atoms with Gasteiger partial charge < -0.3 is 13.9 Å². The summed E-state index contributed by atoms with van der Waals surface area (Å²) < 4.78 is 13.7. The van der Waals surface area contributed by atoms with Gasteiger partial charge in [0, 0.05) is 18.3 Å². The van der Waals surface area contributed by atoms with Crippen molar-refractivity contribution < 1.29 is 9.31 Å². The van der Waals surface area contributed by atoms with Crippen molar-refractivity contribution in [3.63, 3.8) is 0 Å². The molecule has 0 radical (unpaired) electrons. The number of aromatic nitrogens is 1. The van der Waals surface area contributed by atoms with Gasteiger partial charge in [0.2, 0.25) is 0 Å². The second-order valence-corrected chi connectivity index (χ2v) is 6.14. The fourth-order valence-corrected chi connectivity index (χ4v) is 2.16. The van der Waals surface area contributed by atoms with Gasteiger partial charge in [0.1, 0.15) is 0 Å². The van der Waals surface area contributed by atoms with E-state index in [0.29, 0.717) is 12.1 Å². The third-order valence-corrected chi connectivity index (χ3v) is 4.15. The summed E-state index contributed by atoms with van der Waals surface area (Å²) in [5.41, 5.74) is 0.937. The molecule has 0 unspecified atom stereocenters. The van der Waals surface area contributed by atoms with E-state index < -0.39 is 7.12 Å². The molecular formula is C14H22BNO3. The average Bonchev–Trinajstić information content (AvgIpc) is 2.52. The van der Waals surface area contributed by atoms with E-state index in [0.717, 1.165) is 5.46 Å². The SMILES string of the molecule is CCn1cc(B2OC(C)(C)C(C)(C)O2)cc(C)c1=O. The predicted molar refractivity (Wildman–Crippen MR) is 76.8 cm³/mol. The van der Waals surface area contributed by atoms with Crippen LogP contribution in [0.25, 0.3) is 0 Å². The lowest BCUT2D eigenvalue weighted by molar-refractivity contribution is 0.00578. The molecule has 1 saturated heterocycles. The van der Waals surface area contributed by atoms with E-state index in [2.05, 4.69) is 0 Å². The van der Waals surface area contributed by atoms with Gasteiger partial charge in [-0.05, 0) is 47.0 Å². The fourth-order valence-electron chi connectivity index (χ4n) is 2.16. The molecule has 0 amide bonds. The van der Waals surface area contributed by atoms with Gasteiger partial charge in [-0.15, -0.1) is 0 Å². The predicted octanol–water partition coefficient (Wildman–Crippen LogP) is 1.48. The van der Waals surface area contributed by atoms with Crippen LogP contribution in [0.1, 0.15) is 40.2 Å². The Balaban J connectivity index is 2.40. The zero-order valence-electron chi connectivity index (χ0n) is 12.6. The van der Waals surface area contributed by atoms with Crippen LogP contribution in [0.5, 0.6) is 0 Å². The zero-order chi connectivity index (χ0) is 14.4. The third kappa shape index (κ3) is 2.37. The monoisotopic (exact) mass is 263 g/mol. The molecule has 2 rings (SSSR count). The van der Waals surface area contributed by atoms with Crippen LogP contribution in [0, 0.1) is 6.92 Å². The number of aryl methyl sites for hydroxylation is 2. The molecule has 0 aromatic carbocycles. The van der Waals surface area contributed by atoms with Crippen molar-refractivity contribution in [1.82, 2.24) is 4.57 Å². The Morgan fingerprint density at radius 2 is 1.74 bits per heavy atom. The molecule has 1 aliphatic rings. The Hall–Kier alpha value is -1.07. The number of rotatable bonds is 2. The number of hydrogen-bond acceptors (Lipinski definition) is 3. The van der Waals surface area contributed by atoms with Crippen molar-refractivity contribution in [2.45, 2.75) is 59.3 Å². The van der Waals surface area contributed by atoms with Gasteiger partial charge in [-0.1, -0.05) is 6.07 Å². The van der Waals surface area contributed by atoms with E-state index in [-0.39, 0.29) is 16.8 Å². The van der Waals surface area contributed by atoms with Gasteiger partial charge in [-0.25, -0.2) is 0 Å². The van der Waals surface area contributed by atoms with E-state index in [4.69, 9.17) is 9.31 Å². The zero-order valence-corrected chi connectivity index (χ0v) is 12.6. The lowest BCUT2D eigenvalue weighted by Crippen LogP contribution is -2.41. The third-order valence-electron chi connectivity index (χ3n) is 4.15. The maximum Gasteiger partial charge on any atom is 0.496 e. The molecule has 0 saturated carbocycles. The van der Waals surface area contributed by atoms with Crippen LogP contribution < -0.4 is 11.0 Å². The topological polar surface area (TPSA) is 40.5 Å². The van der Waals surface area contributed by atoms with E-state index in [1.807, 2.05) is 53.8 Å². The molecule has 1 fully saturated rings. The first-order chi connectivity index (χ1) is 8.68. The van der Waals surface area contributed by atoms with Gasteiger partial charge in [0.25, 0.3) is 5.56 Å². The van der Waals surface area contributed by atoms with Crippen LogP contribution in [0.2, 0.25) is 0 Å². The van der Waals surface area contributed by atoms with E-state index in [1.54, 1.807) is 4.57 Å². The minimum absolute atomic E-state index is 0.0442. The Labute approximate surface area is 114 Å². The summed E-state index contributed by atoms with van der Waals surface area (Å²) in [6.07, 6.45) is 1.83. The molecular weight excluding hydrogens is 241 g/mol. The molecule has 5 heteroatoms. The molecule has 1 aliphatic heterocycles. The van der Waals surface area contributed by atoms with Crippen molar-refractivity contribution in [1.29, 1.82) is 0 Å². The van der Waals surface area contributed by atoms with E-state index in [9.17, 15) is 4.79 Å². The standard InChI is InChI=1S/C14H22BNO3/c1-7-16-9-11(8-10(2)12(16)17)15-18-13(3,4)14(5,6)19-15/h8-9H,7H2,1-6H3. The molecule has 104 valence electrons. The van der Waals surface area contributed by atoms with E-state index >= 15 is 0 Å². The first kappa shape index (κ1) is 14.3. The Morgan fingerprint density at radius 3 is 2.21 bits per heavy atom. The summed E-state index contributed by atoms with van der Waals surface area (Å²) in [4.78, 5) is 11.9. The maximum atomic E-state index is 11.9. The van der Waals surface area contributed by atoms with Gasteiger partial charge in [-0.2, -0.15) is 0 Å². The minimum Gasteiger partial charge on any atom is -0.399 e. The Morgan fingerprint density at radius 1 is 1.21 bits per heavy atom. The Kier molecular flexibility index (Phi) is 3.39. The van der Waals surface area contributed by atoms with E-state index in [1.165, 1.54) is 0 Å². The lowest BCUT2D eigenvalue weighted by Gasteiger charge is -2.32. The second-order valence-electron chi connectivity index (χ2n) is 6.14. The summed E-state index contributed by atoms with van der Waals surface area (Å²) in [5, 5.41) is 0. The van der Waals surface area contributed by atoms with Crippen molar-refractivity contribution >= 4 is 12.6 Å². The molecule has 1 aromatic heterocycles. The van der Waals surface area contributed by atoms with Crippen LogP contribution in [-0.4, -0.2) is 22.9 Å². The summed E-state index contributed by atoms with van der Waals surface area (Å²) in [6.45, 7) is 12.5. The molecule has 1 aromatic rings. The van der Waals surface area contributed by atoms with Crippen molar-refractivity contribution in [3.8, 4) is 0 Å². The highest BCUT2D eigenvalue weighted by molar-refractivity contribution is 6.62. The van der Waals surface area contributed by atoms with Crippen LogP contribution >= 0.6 is 0 Å². The first-order valence-electron chi connectivity index (χ1n) is 6.74. The lowest BCUT2D eigenvalue weighted by atomic mass is 9.79. The second kappa shape index (κ2) is 4.49. The quantitative estimate of drug-likeness (QED) is 0.759. The largest absolute Gasteiger partial charge is 0.496 e. The molecule has 4 nitrogen and oxygen atoms in total. The molecule has 0 bridgehead atoms. The Bertz CT molecular complexity index is 532. The van der Waals surface area contributed by atoms with Gasteiger partial charge in [0.05, 0.1) is 11.2 Å². The molecule has 0 atom stereocenters. The van der Waals surface area contributed by atoms with Crippen molar-refractivity contribution in [3.05, 3.63) is 28.2 Å². The summed E-state index contributed by atoms with van der Waals surface area (Å²) in [7, 11) is -0.415. The molecule has 0 N–H and O–H groups in total. The number of nitrogens with zero attached hydrogens (tertiary/aromatic N) is 1. The number of hydrogen-bond donors (Lipinski definition) is 0. The first-order valence-corrected chi connectivity index (χ1v) is 6.74. The highest BCUT2D eigenvalue weighted by atomic mass is 16.7. The fraction of sp³-hybridized carbons (Fsp3) is 0.643. The van der Waals surface area contributed by atoms with Gasteiger partial charge >= 0.3 is 7.12 Å². The van der Waals surface area contributed by atoms with Crippen LogP contribution in [0.15, 0.2) is 17.1 Å². The summed E-state index contributed by atoms with van der Waals surface area (Å²) in [6, 6.07) is 1.86. The van der Waals surface area contributed by atoms with Crippen molar-refractivity contribution in [2.75, 3.05) is 0 Å². The van der Waals surface area contributed by atoms with Gasteiger partial charge in [-0.3, -0.25) is 4.79 Å². The molecule has 0 aliphatic carbocycles. The molecule has 2 heterocycles. The highest BCUT2D eigenvalue weighted by Gasteiger charge is 2.51.